The zero-order chi connectivity index (χ0) is 14.3. The van der Waals surface area contributed by atoms with Gasteiger partial charge in [-0.1, -0.05) is 0 Å². The van der Waals surface area contributed by atoms with Crippen LogP contribution in [-0.2, 0) is 13.6 Å². The number of quaternary nitrogens is 1. The van der Waals surface area contributed by atoms with Crippen molar-refractivity contribution in [2.75, 3.05) is 31.1 Å². The van der Waals surface area contributed by atoms with E-state index in [4.69, 9.17) is 0 Å². The Hall–Kier alpha value is -2.09. The molecule has 1 aliphatic rings. The quantitative estimate of drug-likeness (QED) is 0.654. The molecule has 1 aliphatic heterocycles. The first-order valence-electron chi connectivity index (χ1n) is 6.89. The Kier molecular flexibility index (Phi) is 3.09. The Morgan fingerprint density at radius 1 is 1.30 bits per heavy atom. The standard InChI is InChI=1S/C12H18N6O2/c1-3-18-8-9(16(2)12(20)15-10(8)19)14-11(18)17-6-4-13-5-7-17/h13H,3-7H2,1-2H3,(H,15,19,20)/p+1. The maximum absolute atomic E-state index is 12.1. The molecule has 108 valence electrons. The van der Waals surface area contributed by atoms with E-state index in [1.54, 1.807) is 7.05 Å². The Morgan fingerprint density at radius 3 is 2.65 bits per heavy atom. The van der Waals surface area contributed by atoms with Crippen LogP contribution in [0.5, 0.6) is 0 Å². The molecule has 0 aromatic carbocycles. The van der Waals surface area contributed by atoms with Crippen molar-refractivity contribution >= 4 is 17.1 Å². The predicted octanol–water partition coefficient (Wildman–Crippen LogP) is -2.17. The topological polar surface area (TPSA) is 92.5 Å². The summed E-state index contributed by atoms with van der Waals surface area (Å²) in [6, 6.07) is 0. The number of nitrogens with zero attached hydrogens (tertiary/aromatic N) is 4. The highest BCUT2D eigenvalue weighted by molar-refractivity contribution is 5.74. The third-order valence-corrected chi connectivity index (χ3v) is 3.79. The minimum absolute atomic E-state index is 0.368. The summed E-state index contributed by atoms with van der Waals surface area (Å²) in [7, 11) is 1.63. The molecule has 20 heavy (non-hydrogen) atoms. The number of anilines is 1. The second kappa shape index (κ2) is 4.78. The van der Waals surface area contributed by atoms with Crippen molar-refractivity contribution in [1.82, 2.24) is 19.1 Å². The molecule has 0 radical (unpaired) electrons. The normalized spacial score (nSPS) is 16.0. The van der Waals surface area contributed by atoms with Gasteiger partial charge in [-0.15, -0.1) is 0 Å². The summed E-state index contributed by atoms with van der Waals surface area (Å²) in [5, 5.41) is 2.26. The van der Waals surface area contributed by atoms with Crippen LogP contribution in [0.3, 0.4) is 0 Å². The fourth-order valence-corrected chi connectivity index (χ4v) is 2.71. The van der Waals surface area contributed by atoms with Gasteiger partial charge in [0.25, 0.3) is 5.56 Å². The summed E-state index contributed by atoms with van der Waals surface area (Å²) in [5.41, 5.74) is 0.123. The summed E-state index contributed by atoms with van der Waals surface area (Å²) >= 11 is 0. The number of aromatic nitrogens is 4. The fourth-order valence-electron chi connectivity index (χ4n) is 2.71. The van der Waals surface area contributed by atoms with E-state index in [2.05, 4.69) is 20.2 Å². The van der Waals surface area contributed by atoms with Crippen LogP contribution < -0.4 is 21.5 Å². The summed E-state index contributed by atoms with van der Waals surface area (Å²) in [5.74, 6) is 0.780. The van der Waals surface area contributed by atoms with Gasteiger partial charge in [-0.2, -0.15) is 4.98 Å². The van der Waals surface area contributed by atoms with Gasteiger partial charge in [0.1, 0.15) is 0 Å². The molecule has 2 aromatic rings. The van der Waals surface area contributed by atoms with Gasteiger partial charge in [0.15, 0.2) is 11.2 Å². The van der Waals surface area contributed by atoms with Gasteiger partial charge < -0.3 is 14.8 Å². The minimum Gasteiger partial charge on any atom is -0.343 e. The molecule has 8 nitrogen and oxygen atoms in total. The average Bonchev–Trinajstić information content (AvgIpc) is 2.86. The predicted molar refractivity (Wildman–Crippen MR) is 75.1 cm³/mol. The first kappa shape index (κ1) is 12.9. The van der Waals surface area contributed by atoms with Gasteiger partial charge in [0, 0.05) is 13.6 Å². The number of aryl methyl sites for hydroxylation is 2. The van der Waals surface area contributed by atoms with Crippen molar-refractivity contribution in [3.05, 3.63) is 20.8 Å². The molecule has 3 heterocycles. The lowest BCUT2D eigenvalue weighted by atomic mass is 10.4. The molecule has 0 unspecified atom stereocenters. The Morgan fingerprint density at radius 2 is 2.00 bits per heavy atom. The van der Waals surface area contributed by atoms with Crippen LogP contribution in [0.1, 0.15) is 6.92 Å². The molecule has 8 heteroatoms. The average molecular weight is 279 g/mol. The molecule has 0 aliphatic carbocycles. The van der Waals surface area contributed by atoms with Crippen LogP contribution in [0.2, 0.25) is 0 Å². The molecule has 0 bridgehead atoms. The van der Waals surface area contributed by atoms with Gasteiger partial charge in [-0.3, -0.25) is 14.3 Å². The Bertz CT molecular complexity index is 750. The number of nitrogens with two attached hydrogens (primary N) is 1. The van der Waals surface area contributed by atoms with Crippen LogP contribution in [0, 0.1) is 0 Å². The highest BCUT2D eigenvalue weighted by atomic mass is 16.2. The largest absolute Gasteiger partial charge is 0.343 e. The molecule has 2 aromatic heterocycles. The van der Waals surface area contributed by atoms with E-state index in [9.17, 15) is 9.59 Å². The lowest BCUT2D eigenvalue weighted by Crippen LogP contribution is -2.89. The van der Waals surface area contributed by atoms with Crippen molar-refractivity contribution in [2.24, 2.45) is 7.05 Å². The van der Waals surface area contributed by atoms with Crippen molar-refractivity contribution in [2.45, 2.75) is 13.5 Å². The van der Waals surface area contributed by atoms with E-state index >= 15 is 0 Å². The highest BCUT2D eigenvalue weighted by Gasteiger charge is 2.22. The van der Waals surface area contributed by atoms with Crippen molar-refractivity contribution in [1.29, 1.82) is 0 Å². The maximum Gasteiger partial charge on any atom is 0.329 e. The molecule has 0 saturated carbocycles. The second-order valence-corrected chi connectivity index (χ2v) is 5.00. The molecule has 3 rings (SSSR count). The van der Waals surface area contributed by atoms with Crippen LogP contribution in [-0.4, -0.2) is 45.3 Å². The monoisotopic (exact) mass is 279 g/mol. The third-order valence-electron chi connectivity index (χ3n) is 3.79. The lowest BCUT2D eigenvalue weighted by Gasteiger charge is -2.26. The molecule has 0 atom stereocenters. The second-order valence-electron chi connectivity index (χ2n) is 5.00. The molecule has 3 N–H and O–H groups in total. The van der Waals surface area contributed by atoms with Gasteiger partial charge in [0.05, 0.1) is 26.2 Å². The first-order valence-corrected chi connectivity index (χ1v) is 6.89. The molecule has 1 saturated heterocycles. The summed E-state index contributed by atoms with van der Waals surface area (Å²) in [6.45, 7) is 6.45. The number of imidazole rings is 1. The van der Waals surface area contributed by atoms with E-state index in [0.717, 1.165) is 32.1 Å². The van der Waals surface area contributed by atoms with Crippen molar-refractivity contribution < 1.29 is 5.32 Å². The zero-order valence-corrected chi connectivity index (χ0v) is 11.7. The summed E-state index contributed by atoms with van der Waals surface area (Å²) in [4.78, 5) is 32.8. The van der Waals surface area contributed by atoms with E-state index in [0.29, 0.717) is 17.7 Å². The smallest absolute Gasteiger partial charge is 0.329 e. The number of rotatable bonds is 2. The number of hydrogen-bond acceptors (Lipinski definition) is 4. The SMILES string of the molecule is CCn1c(N2CC[NH2+]CC2)nc2c1c(=O)[nH]c(=O)n2C. The van der Waals surface area contributed by atoms with E-state index in [1.807, 2.05) is 11.5 Å². The van der Waals surface area contributed by atoms with Crippen molar-refractivity contribution in [3.63, 3.8) is 0 Å². The number of piperazine rings is 1. The molecular weight excluding hydrogens is 260 g/mol. The lowest BCUT2D eigenvalue weighted by molar-refractivity contribution is -0.655. The zero-order valence-electron chi connectivity index (χ0n) is 11.7. The third kappa shape index (κ3) is 1.83. The molecular formula is C12H19N6O2+. The Labute approximate surface area is 115 Å². The maximum atomic E-state index is 12.1. The Balaban J connectivity index is 2.28. The number of aromatic amines is 1. The van der Waals surface area contributed by atoms with E-state index in [1.165, 1.54) is 4.57 Å². The van der Waals surface area contributed by atoms with Crippen LogP contribution >= 0.6 is 0 Å². The number of fused-ring (bicyclic) bond motifs is 1. The molecule has 1 fully saturated rings. The minimum atomic E-state index is -0.429. The van der Waals surface area contributed by atoms with Crippen LogP contribution in [0.15, 0.2) is 9.59 Å². The fraction of sp³-hybridized carbons (Fsp3) is 0.583. The van der Waals surface area contributed by atoms with Crippen LogP contribution in [0.25, 0.3) is 11.2 Å². The highest BCUT2D eigenvalue weighted by Crippen LogP contribution is 2.18. The van der Waals surface area contributed by atoms with Crippen LogP contribution in [0.4, 0.5) is 5.95 Å². The van der Waals surface area contributed by atoms with Gasteiger partial charge >= 0.3 is 5.69 Å². The van der Waals surface area contributed by atoms with E-state index < -0.39 is 5.69 Å². The summed E-state index contributed by atoms with van der Waals surface area (Å²) < 4.78 is 3.28. The van der Waals surface area contributed by atoms with Gasteiger partial charge in [-0.05, 0) is 6.92 Å². The number of nitrogens with one attached hydrogen (secondary N) is 1. The molecule has 0 amide bonds. The van der Waals surface area contributed by atoms with Gasteiger partial charge in [0.2, 0.25) is 5.95 Å². The number of hydrogen-bond donors (Lipinski definition) is 2. The molecule has 0 spiro atoms. The summed E-state index contributed by atoms with van der Waals surface area (Å²) in [6.07, 6.45) is 0. The number of H-pyrrole nitrogens is 1. The first-order chi connectivity index (χ1) is 9.63. The van der Waals surface area contributed by atoms with Crippen molar-refractivity contribution in [3.8, 4) is 0 Å². The van der Waals surface area contributed by atoms with Gasteiger partial charge in [-0.25, -0.2) is 4.79 Å². The van der Waals surface area contributed by atoms with E-state index in [-0.39, 0.29) is 5.56 Å².